The van der Waals surface area contributed by atoms with Gasteiger partial charge in [0.25, 0.3) is 0 Å². The zero-order valence-corrected chi connectivity index (χ0v) is 10.8. The Kier molecular flexibility index (Phi) is 4.20. The normalized spacial score (nSPS) is 14.2. The van der Waals surface area contributed by atoms with Crippen LogP contribution < -0.4 is 15.4 Å². The largest absolute Gasteiger partial charge is 0.492 e. The second kappa shape index (κ2) is 5.87. The average molecular weight is 250 g/mol. The fraction of sp³-hybridized carbons (Fsp3) is 0.462. The van der Waals surface area contributed by atoms with E-state index in [0.717, 1.165) is 17.4 Å². The highest BCUT2D eigenvalue weighted by molar-refractivity contribution is 7.80. The number of hydrogen-bond acceptors (Lipinski definition) is 2. The first-order chi connectivity index (χ1) is 8.24. The molecule has 0 spiro atoms. The van der Waals surface area contributed by atoms with Gasteiger partial charge in [-0.2, -0.15) is 0 Å². The summed E-state index contributed by atoms with van der Waals surface area (Å²) >= 11 is 5.14. The fourth-order valence-electron chi connectivity index (χ4n) is 1.43. The van der Waals surface area contributed by atoms with E-state index in [9.17, 15) is 0 Å². The SMILES string of the molecule is Cc1ccc(OCCNC(=S)NC2CC2)cc1. The first kappa shape index (κ1) is 12.2. The zero-order chi connectivity index (χ0) is 12.1. The van der Waals surface area contributed by atoms with Crippen molar-refractivity contribution in [3.8, 4) is 5.75 Å². The highest BCUT2D eigenvalue weighted by Gasteiger charge is 2.21. The molecule has 0 heterocycles. The van der Waals surface area contributed by atoms with E-state index in [0.29, 0.717) is 12.6 Å². The summed E-state index contributed by atoms with van der Waals surface area (Å²) < 4.78 is 5.58. The van der Waals surface area contributed by atoms with Gasteiger partial charge in [0.15, 0.2) is 5.11 Å². The predicted molar refractivity (Wildman–Crippen MR) is 73.4 cm³/mol. The number of thiocarbonyl (C=S) groups is 1. The van der Waals surface area contributed by atoms with Crippen molar-refractivity contribution in [2.24, 2.45) is 0 Å². The second-order valence-electron chi connectivity index (χ2n) is 4.34. The van der Waals surface area contributed by atoms with Crippen LogP contribution in [0.4, 0.5) is 0 Å². The molecular formula is C13H18N2OS. The maximum absolute atomic E-state index is 5.58. The van der Waals surface area contributed by atoms with Crippen LogP contribution >= 0.6 is 12.2 Å². The Labute approximate surface area is 108 Å². The number of aryl methyl sites for hydroxylation is 1. The molecule has 0 atom stereocenters. The van der Waals surface area contributed by atoms with Crippen molar-refractivity contribution >= 4 is 17.3 Å². The standard InChI is InChI=1S/C13H18N2OS/c1-10-2-6-12(7-3-10)16-9-8-14-13(17)15-11-4-5-11/h2-3,6-7,11H,4-5,8-9H2,1H3,(H2,14,15,17). The minimum absolute atomic E-state index is 0.605. The van der Waals surface area contributed by atoms with Gasteiger partial charge in [-0.25, -0.2) is 0 Å². The van der Waals surface area contributed by atoms with Gasteiger partial charge in [0.1, 0.15) is 12.4 Å². The van der Waals surface area contributed by atoms with E-state index in [-0.39, 0.29) is 0 Å². The van der Waals surface area contributed by atoms with E-state index >= 15 is 0 Å². The Hall–Kier alpha value is -1.29. The first-order valence-corrected chi connectivity index (χ1v) is 6.39. The second-order valence-corrected chi connectivity index (χ2v) is 4.74. The maximum atomic E-state index is 5.58. The molecule has 3 nitrogen and oxygen atoms in total. The number of ether oxygens (including phenoxy) is 1. The summed E-state index contributed by atoms with van der Waals surface area (Å²) in [5, 5.41) is 7.09. The molecule has 0 aliphatic heterocycles. The molecule has 1 aliphatic rings. The molecule has 0 unspecified atom stereocenters. The molecule has 0 aromatic heterocycles. The number of hydrogen-bond donors (Lipinski definition) is 2. The van der Waals surface area contributed by atoms with Gasteiger partial charge in [-0.15, -0.1) is 0 Å². The molecule has 4 heteroatoms. The lowest BCUT2D eigenvalue weighted by molar-refractivity contribution is 0.322. The highest BCUT2D eigenvalue weighted by atomic mass is 32.1. The zero-order valence-electron chi connectivity index (χ0n) is 10.0. The molecule has 2 rings (SSSR count). The van der Waals surface area contributed by atoms with Crippen LogP contribution in [0.3, 0.4) is 0 Å². The van der Waals surface area contributed by atoms with Crippen LogP contribution in [-0.2, 0) is 0 Å². The molecule has 0 saturated heterocycles. The first-order valence-electron chi connectivity index (χ1n) is 5.98. The Morgan fingerprint density at radius 2 is 2.06 bits per heavy atom. The number of nitrogens with one attached hydrogen (secondary N) is 2. The molecule has 17 heavy (non-hydrogen) atoms. The summed E-state index contributed by atoms with van der Waals surface area (Å²) in [6.07, 6.45) is 2.48. The van der Waals surface area contributed by atoms with Gasteiger partial charge in [-0.3, -0.25) is 0 Å². The lowest BCUT2D eigenvalue weighted by Crippen LogP contribution is -2.38. The van der Waals surface area contributed by atoms with Crippen molar-refractivity contribution in [2.75, 3.05) is 13.2 Å². The van der Waals surface area contributed by atoms with Gasteiger partial charge >= 0.3 is 0 Å². The van der Waals surface area contributed by atoms with Crippen LogP contribution in [0, 0.1) is 6.92 Å². The van der Waals surface area contributed by atoms with Crippen molar-refractivity contribution in [3.63, 3.8) is 0 Å². The van der Waals surface area contributed by atoms with Crippen molar-refractivity contribution in [1.29, 1.82) is 0 Å². The molecule has 0 radical (unpaired) electrons. The van der Waals surface area contributed by atoms with E-state index in [1.165, 1.54) is 18.4 Å². The molecule has 2 N–H and O–H groups in total. The van der Waals surface area contributed by atoms with Crippen LogP contribution in [0.25, 0.3) is 0 Å². The van der Waals surface area contributed by atoms with E-state index in [2.05, 4.69) is 17.6 Å². The summed E-state index contributed by atoms with van der Waals surface area (Å²) in [5.41, 5.74) is 1.24. The van der Waals surface area contributed by atoms with E-state index < -0.39 is 0 Å². The number of rotatable bonds is 5. The maximum Gasteiger partial charge on any atom is 0.166 e. The molecule has 0 amide bonds. The van der Waals surface area contributed by atoms with Crippen LogP contribution in [0.15, 0.2) is 24.3 Å². The molecule has 0 bridgehead atoms. The lowest BCUT2D eigenvalue weighted by Gasteiger charge is -2.10. The van der Waals surface area contributed by atoms with Gasteiger partial charge < -0.3 is 15.4 Å². The number of benzene rings is 1. The van der Waals surface area contributed by atoms with Crippen LogP contribution in [0.1, 0.15) is 18.4 Å². The molecule has 1 saturated carbocycles. The monoisotopic (exact) mass is 250 g/mol. The van der Waals surface area contributed by atoms with Gasteiger partial charge in [-0.1, -0.05) is 17.7 Å². The van der Waals surface area contributed by atoms with Crippen molar-refractivity contribution < 1.29 is 4.74 Å². The predicted octanol–water partition coefficient (Wildman–Crippen LogP) is 2.00. The Morgan fingerprint density at radius 1 is 1.35 bits per heavy atom. The van der Waals surface area contributed by atoms with E-state index in [4.69, 9.17) is 17.0 Å². The minimum atomic E-state index is 0.605. The van der Waals surface area contributed by atoms with Crippen LogP contribution in [0.2, 0.25) is 0 Å². The van der Waals surface area contributed by atoms with E-state index in [1.54, 1.807) is 0 Å². The molecule has 1 aromatic rings. The molecule has 1 aromatic carbocycles. The topological polar surface area (TPSA) is 33.3 Å². The summed E-state index contributed by atoms with van der Waals surface area (Å²) in [5.74, 6) is 0.901. The third kappa shape index (κ3) is 4.61. The minimum Gasteiger partial charge on any atom is -0.492 e. The van der Waals surface area contributed by atoms with Crippen molar-refractivity contribution in [1.82, 2.24) is 10.6 Å². The van der Waals surface area contributed by atoms with Gasteiger partial charge in [0.05, 0.1) is 6.54 Å². The van der Waals surface area contributed by atoms with Gasteiger partial charge in [-0.05, 0) is 44.1 Å². The smallest absolute Gasteiger partial charge is 0.166 e. The average Bonchev–Trinajstić information content (AvgIpc) is 3.11. The summed E-state index contributed by atoms with van der Waals surface area (Å²) in [7, 11) is 0. The Morgan fingerprint density at radius 3 is 2.71 bits per heavy atom. The summed E-state index contributed by atoms with van der Waals surface area (Å²) in [6, 6.07) is 8.66. The quantitative estimate of drug-likeness (QED) is 0.618. The van der Waals surface area contributed by atoms with Gasteiger partial charge in [0, 0.05) is 6.04 Å². The van der Waals surface area contributed by atoms with E-state index in [1.807, 2.05) is 24.3 Å². The third-order valence-electron chi connectivity index (χ3n) is 2.59. The van der Waals surface area contributed by atoms with Gasteiger partial charge in [0.2, 0.25) is 0 Å². The van der Waals surface area contributed by atoms with Crippen molar-refractivity contribution in [3.05, 3.63) is 29.8 Å². The third-order valence-corrected chi connectivity index (χ3v) is 2.85. The molecular weight excluding hydrogens is 232 g/mol. The fourth-order valence-corrected chi connectivity index (χ4v) is 1.70. The lowest BCUT2D eigenvalue weighted by atomic mass is 10.2. The molecule has 1 fully saturated rings. The van der Waals surface area contributed by atoms with Crippen LogP contribution in [-0.4, -0.2) is 24.3 Å². The Balaban J connectivity index is 1.59. The summed E-state index contributed by atoms with van der Waals surface area (Å²) in [4.78, 5) is 0. The molecule has 92 valence electrons. The van der Waals surface area contributed by atoms with Crippen molar-refractivity contribution in [2.45, 2.75) is 25.8 Å². The Bertz CT molecular complexity index is 374. The highest BCUT2D eigenvalue weighted by Crippen LogP contribution is 2.18. The summed E-state index contributed by atoms with van der Waals surface area (Å²) in [6.45, 7) is 3.41. The molecule has 1 aliphatic carbocycles. The van der Waals surface area contributed by atoms with Crippen LogP contribution in [0.5, 0.6) is 5.75 Å².